The zero-order chi connectivity index (χ0) is 17.6. The first-order valence-corrected chi connectivity index (χ1v) is 9.16. The second-order valence-corrected chi connectivity index (χ2v) is 7.15. The summed E-state index contributed by atoms with van der Waals surface area (Å²) in [4.78, 5) is 16.3. The second-order valence-electron chi connectivity index (χ2n) is 6.28. The van der Waals surface area contributed by atoms with Crippen LogP contribution in [0.1, 0.15) is 31.2 Å². The number of ether oxygens (including phenoxy) is 1. The van der Waals surface area contributed by atoms with Crippen LogP contribution in [0.3, 0.4) is 0 Å². The molecule has 4 nitrogen and oxygen atoms in total. The highest BCUT2D eigenvalue weighted by atomic mass is 35.5. The Bertz CT molecular complexity index is 696. The summed E-state index contributed by atoms with van der Waals surface area (Å²) < 4.78 is 5.88. The average Bonchev–Trinajstić information content (AvgIpc) is 2.61. The van der Waals surface area contributed by atoms with Crippen molar-refractivity contribution in [2.24, 2.45) is 0 Å². The number of aromatic nitrogens is 1. The Hall–Kier alpha value is -1.78. The molecule has 1 heterocycles. The van der Waals surface area contributed by atoms with E-state index in [1.54, 1.807) is 30.5 Å². The summed E-state index contributed by atoms with van der Waals surface area (Å²) in [5.41, 5.74) is 0.965. The van der Waals surface area contributed by atoms with Crippen LogP contribution in [-0.4, -0.2) is 23.0 Å². The van der Waals surface area contributed by atoms with E-state index in [-0.39, 0.29) is 18.1 Å². The molecule has 0 saturated heterocycles. The molecular formula is C19H20Cl2N2O2. The molecule has 1 aliphatic carbocycles. The van der Waals surface area contributed by atoms with Gasteiger partial charge in [0.25, 0.3) is 0 Å². The van der Waals surface area contributed by atoms with E-state index in [0.29, 0.717) is 22.3 Å². The third kappa shape index (κ3) is 5.62. The normalized spacial score (nSPS) is 20.1. The van der Waals surface area contributed by atoms with Gasteiger partial charge in [0.1, 0.15) is 6.10 Å². The van der Waals surface area contributed by atoms with Crippen molar-refractivity contribution in [2.75, 3.05) is 0 Å². The number of benzene rings is 1. The minimum absolute atomic E-state index is 0.0473. The fraction of sp³-hybridized carbons (Fsp3) is 0.368. The van der Waals surface area contributed by atoms with Crippen molar-refractivity contribution in [2.45, 2.75) is 44.2 Å². The molecule has 1 N–H and O–H groups in total. The average molecular weight is 379 g/mol. The van der Waals surface area contributed by atoms with E-state index in [4.69, 9.17) is 27.9 Å². The van der Waals surface area contributed by atoms with Crippen molar-refractivity contribution in [1.29, 1.82) is 0 Å². The lowest BCUT2D eigenvalue weighted by Crippen LogP contribution is -2.40. The van der Waals surface area contributed by atoms with E-state index in [9.17, 15) is 4.79 Å². The maximum atomic E-state index is 12.2. The summed E-state index contributed by atoms with van der Waals surface area (Å²) in [6, 6.07) is 11.1. The van der Waals surface area contributed by atoms with Gasteiger partial charge in [-0.2, -0.15) is 0 Å². The number of nitrogens with one attached hydrogen (secondary N) is 1. The van der Waals surface area contributed by atoms with Gasteiger partial charge in [-0.1, -0.05) is 35.3 Å². The number of amides is 1. The van der Waals surface area contributed by atoms with Crippen LogP contribution >= 0.6 is 23.2 Å². The van der Waals surface area contributed by atoms with Gasteiger partial charge in [-0.25, -0.2) is 4.98 Å². The predicted molar refractivity (Wildman–Crippen MR) is 99.2 cm³/mol. The van der Waals surface area contributed by atoms with E-state index in [1.807, 2.05) is 12.1 Å². The molecule has 1 aliphatic rings. The molecule has 0 atom stereocenters. The summed E-state index contributed by atoms with van der Waals surface area (Å²) in [5.74, 6) is 0.644. The fourth-order valence-electron chi connectivity index (χ4n) is 2.99. The molecule has 3 rings (SSSR count). The SMILES string of the molecule is O=C(Cc1ccc(Cl)cc1)NC1CCC(Oc2ccc(Cl)cn2)CC1. The molecule has 0 unspecified atom stereocenters. The molecule has 1 fully saturated rings. The molecule has 6 heteroatoms. The van der Waals surface area contributed by atoms with Crippen LogP contribution in [0.5, 0.6) is 5.88 Å². The summed E-state index contributed by atoms with van der Waals surface area (Å²) >= 11 is 11.7. The monoisotopic (exact) mass is 378 g/mol. The van der Waals surface area contributed by atoms with Crippen molar-refractivity contribution in [1.82, 2.24) is 10.3 Å². The molecule has 0 aliphatic heterocycles. The van der Waals surface area contributed by atoms with Crippen LogP contribution in [0, 0.1) is 0 Å². The van der Waals surface area contributed by atoms with Crippen LogP contribution in [0.15, 0.2) is 42.6 Å². The Kier molecular flexibility index (Phi) is 6.16. The molecule has 0 radical (unpaired) electrons. The lowest BCUT2D eigenvalue weighted by atomic mass is 9.92. The van der Waals surface area contributed by atoms with Gasteiger partial charge in [-0.15, -0.1) is 0 Å². The Morgan fingerprint density at radius 1 is 1.04 bits per heavy atom. The molecule has 1 amide bonds. The highest BCUT2D eigenvalue weighted by Crippen LogP contribution is 2.23. The van der Waals surface area contributed by atoms with E-state index >= 15 is 0 Å². The van der Waals surface area contributed by atoms with Gasteiger partial charge in [-0.05, 0) is 49.4 Å². The largest absolute Gasteiger partial charge is 0.474 e. The quantitative estimate of drug-likeness (QED) is 0.836. The number of hydrogen-bond acceptors (Lipinski definition) is 3. The first-order chi connectivity index (χ1) is 12.1. The molecule has 1 aromatic heterocycles. The molecule has 0 spiro atoms. The minimum Gasteiger partial charge on any atom is -0.474 e. The minimum atomic E-state index is 0.0473. The Morgan fingerprint density at radius 3 is 2.36 bits per heavy atom. The molecule has 2 aromatic rings. The fourth-order valence-corrected chi connectivity index (χ4v) is 3.23. The van der Waals surface area contributed by atoms with Crippen LogP contribution in [0.2, 0.25) is 10.0 Å². The second kappa shape index (κ2) is 8.54. The maximum absolute atomic E-state index is 12.2. The first-order valence-electron chi connectivity index (χ1n) is 8.40. The van der Waals surface area contributed by atoms with Gasteiger partial charge < -0.3 is 10.1 Å². The zero-order valence-electron chi connectivity index (χ0n) is 13.8. The highest BCUT2D eigenvalue weighted by Gasteiger charge is 2.23. The van der Waals surface area contributed by atoms with E-state index in [1.165, 1.54) is 0 Å². The smallest absolute Gasteiger partial charge is 0.224 e. The third-order valence-electron chi connectivity index (χ3n) is 4.30. The van der Waals surface area contributed by atoms with Gasteiger partial charge in [0.2, 0.25) is 11.8 Å². The molecule has 1 aromatic carbocycles. The van der Waals surface area contributed by atoms with Gasteiger partial charge in [0.15, 0.2) is 0 Å². The topological polar surface area (TPSA) is 51.2 Å². The number of carbonyl (C=O) groups excluding carboxylic acids is 1. The van der Waals surface area contributed by atoms with Crippen molar-refractivity contribution in [3.63, 3.8) is 0 Å². The van der Waals surface area contributed by atoms with Crippen LogP contribution < -0.4 is 10.1 Å². The van der Waals surface area contributed by atoms with E-state index in [2.05, 4.69) is 10.3 Å². The lowest BCUT2D eigenvalue weighted by molar-refractivity contribution is -0.121. The number of nitrogens with zero attached hydrogens (tertiary/aromatic N) is 1. The Labute approximate surface area is 157 Å². The van der Waals surface area contributed by atoms with Crippen LogP contribution in [0.25, 0.3) is 0 Å². The summed E-state index contributed by atoms with van der Waals surface area (Å²) in [5, 5.41) is 4.39. The maximum Gasteiger partial charge on any atom is 0.224 e. The molecule has 1 saturated carbocycles. The standard InChI is InChI=1S/C19H20Cl2N2O2/c20-14-3-1-13(2-4-14)11-18(24)23-16-6-8-17(9-7-16)25-19-10-5-15(21)12-22-19/h1-5,10,12,16-17H,6-9,11H2,(H,23,24). The van der Waals surface area contributed by atoms with E-state index < -0.39 is 0 Å². The third-order valence-corrected chi connectivity index (χ3v) is 4.78. The van der Waals surface area contributed by atoms with Crippen LogP contribution in [0.4, 0.5) is 0 Å². The number of halogens is 2. The molecular weight excluding hydrogens is 359 g/mol. The van der Waals surface area contributed by atoms with Crippen molar-refractivity contribution < 1.29 is 9.53 Å². The van der Waals surface area contributed by atoms with Gasteiger partial charge in [0, 0.05) is 23.3 Å². The first kappa shape index (κ1) is 18.0. The van der Waals surface area contributed by atoms with Gasteiger partial charge in [0.05, 0.1) is 11.4 Å². The number of rotatable bonds is 5. The predicted octanol–water partition coefficient (Wildman–Crippen LogP) is 4.44. The number of pyridine rings is 1. The Balaban J connectivity index is 1.42. The summed E-state index contributed by atoms with van der Waals surface area (Å²) in [6.45, 7) is 0. The van der Waals surface area contributed by atoms with Gasteiger partial charge >= 0.3 is 0 Å². The molecule has 132 valence electrons. The number of hydrogen-bond donors (Lipinski definition) is 1. The molecule has 0 bridgehead atoms. The van der Waals surface area contributed by atoms with Crippen LogP contribution in [-0.2, 0) is 11.2 Å². The van der Waals surface area contributed by atoms with E-state index in [0.717, 1.165) is 31.2 Å². The van der Waals surface area contributed by atoms with Crippen molar-refractivity contribution in [3.8, 4) is 5.88 Å². The Morgan fingerprint density at radius 2 is 1.72 bits per heavy atom. The van der Waals surface area contributed by atoms with Gasteiger partial charge in [-0.3, -0.25) is 4.79 Å². The number of carbonyl (C=O) groups is 1. The van der Waals surface area contributed by atoms with Crippen molar-refractivity contribution >= 4 is 29.1 Å². The highest BCUT2D eigenvalue weighted by molar-refractivity contribution is 6.30. The lowest BCUT2D eigenvalue weighted by Gasteiger charge is -2.29. The molecule has 25 heavy (non-hydrogen) atoms. The zero-order valence-corrected chi connectivity index (χ0v) is 15.3. The summed E-state index contributed by atoms with van der Waals surface area (Å²) in [6.07, 6.45) is 5.71. The summed E-state index contributed by atoms with van der Waals surface area (Å²) in [7, 11) is 0. The van der Waals surface area contributed by atoms with Crippen molar-refractivity contribution in [3.05, 3.63) is 58.2 Å².